The van der Waals surface area contributed by atoms with Gasteiger partial charge in [-0.1, -0.05) is 11.6 Å². The minimum absolute atomic E-state index is 0.0694. The van der Waals surface area contributed by atoms with Crippen LogP contribution in [0.25, 0.3) is 10.9 Å². The number of furan rings is 1. The maximum atomic E-state index is 12.3. The third kappa shape index (κ3) is 2.70. The number of halogens is 2. The lowest BCUT2D eigenvalue weighted by Crippen LogP contribution is -2.33. The van der Waals surface area contributed by atoms with Crippen molar-refractivity contribution in [2.24, 2.45) is 0 Å². The molecule has 0 aliphatic carbocycles. The van der Waals surface area contributed by atoms with Crippen LogP contribution in [0.2, 0.25) is 5.02 Å². The summed E-state index contributed by atoms with van der Waals surface area (Å²) in [6, 6.07) is 7.83. The van der Waals surface area contributed by atoms with E-state index >= 15 is 0 Å². The molecule has 0 fully saturated rings. The summed E-state index contributed by atoms with van der Waals surface area (Å²) in [6.07, 6.45) is 1.23. The van der Waals surface area contributed by atoms with Crippen molar-refractivity contribution >= 4 is 44.3 Å². The summed E-state index contributed by atoms with van der Waals surface area (Å²) in [7, 11) is 0. The van der Waals surface area contributed by atoms with Crippen molar-refractivity contribution in [1.29, 1.82) is 0 Å². The van der Waals surface area contributed by atoms with Crippen LogP contribution in [0.3, 0.4) is 0 Å². The van der Waals surface area contributed by atoms with Crippen LogP contribution in [0, 0.1) is 0 Å². The molecule has 0 unspecified atom stereocenters. The predicted octanol–water partition coefficient (Wildman–Crippen LogP) is 2.79. The summed E-state index contributed by atoms with van der Waals surface area (Å²) in [5, 5.41) is 0.728. The van der Waals surface area contributed by atoms with Crippen LogP contribution in [0.5, 0.6) is 0 Å². The fourth-order valence-electron chi connectivity index (χ4n) is 1.77. The first kappa shape index (κ1) is 13.8. The molecule has 3 aromatic rings. The second kappa shape index (κ2) is 5.34. The minimum Gasteiger partial charge on any atom is -0.444 e. The minimum atomic E-state index is -0.564. The number of nitrogens with one attached hydrogen (secondary N) is 1. The van der Waals surface area contributed by atoms with Crippen LogP contribution >= 0.6 is 27.5 Å². The van der Waals surface area contributed by atoms with Crippen molar-refractivity contribution in [3.05, 3.63) is 62.5 Å². The second-order valence-corrected chi connectivity index (χ2v) is 5.34. The highest BCUT2D eigenvalue weighted by atomic mass is 79.9. The van der Waals surface area contributed by atoms with Crippen molar-refractivity contribution in [3.8, 4) is 0 Å². The highest BCUT2D eigenvalue weighted by molar-refractivity contribution is 9.10. The molecule has 106 valence electrons. The number of hydrogen-bond donors (Lipinski definition) is 1. The van der Waals surface area contributed by atoms with Crippen molar-refractivity contribution < 1.29 is 9.21 Å². The van der Waals surface area contributed by atoms with Gasteiger partial charge in [0, 0.05) is 5.02 Å². The van der Waals surface area contributed by atoms with Gasteiger partial charge in [0.2, 0.25) is 0 Å². The smallest absolute Gasteiger partial charge is 0.305 e. The van der Waals surface area contributed by atoms with E-state index in [4.69, 9.17) is 16.0 Å². The fourth-order valence-corrected chi connectivity index (χ4v) is 2.25. The van der Waals surface area contributed by atoms with Crippen LogP contribution in [0.4, 0.5) is 0 Å². The van der Waals surface area contributed by atoms with E-state index < -0.39 is 11.5 Å². The third-order valence-electron chi connectivity index (χ3n) is 2.74. The molecule has 8 heteroatoms. The molecule has 1 N–H and O–H groups in total. The topological polar surface area (TPSA) is 77.1 Å². The molecule has 2 heterocycles. The molecule has 3 rings (SSSR count). The molecule has 0 saturated heterocycles. The molecule has 0 saturated carbocycles. The standard InChI is InChI=1S/C13H7BrClN3O3/c14-11-4-3-10(21-11)12(19)17-18-6-16-9-2-1-7(15)5-8(9)13(18)20/h1-6H,(H,17,19). The van der Waals surface area contributed by atoms with Gasteiger partial charge in [-0.05, 0) is 46.3 Å². The van der Waals surface area contributed by atoms with Crippen molar-refractivity contribution in [1.82, 2.24) is 9.66 Å². The van der Waals surface area contributed by atoms with Crippen molar-refractivity contribution in [3.63, 3.8) is 0 Å². The van der Waals surface area contributed by atoms with Crippen molar-refractivity contribution in [2.75, 3.05) is 5.43 Å². The molecule has 0 radical (unpaired) electrons. The molecule has 0 aliphatic rings. The lowest BCUT2D eigenvalue weighted by Gasteiger charge is -2.07. The summed E-state index contributed by atoms with van der Waals surface area (Å²) in [5.74, 6) is -0.494. The Bertz CT molecular complexity index is 903. The molecule has 0 atom stereocenters. The maximum absolute atomic E-state index is 12.3. The Morgan fingerprint density at radius 1 is 1.33 bits per heavy atom. The van der Waals surface area contributed by atoms with Gasteiger partial charge in [-0.15, -0.1) is 0 Å². The number of benzene rings is 1. The number of carbonyl (C=O) groups is 1. The number of rotatable bonds is 2. The molecule has 2 aromatic heterocycles. The first-order valence-electron chi connectivity index (χ1n) is 5.78. The highest BCUT2D eigenvalue weighted by Crippen LogP contribution is 2.15. The zero-order chi connectivity index (χ0) is 15.0. The molecule has 1 aromatic carbocycles. The number of hydrogen-bond acceptors (Lipinski definition) is 4. The SMILES string of the molecule is O=C(Nn1cnc2ccc(Cl)cc2c1=O)c1ccc(Br)o1. The van der Waals surface area contributed by atoms with Crippen LogP contribution < -0.4 is 11.0 Å². The van der Waals surface area contributed by atoms with E-state index in [9.17, 15) is 9.59 Å². The Kier molecular flexibility index (Phi) is 3.52. The van der Waals surface area contributed by atoms with Gasteiger partial charge in [0.05, 0.1) is 10.9 Å². The van der Waals surface area contributed by atoms with Gasteiger partial charge < -0.3 is 4.42 Å². The Hall–Kier alpha value is -2.12. The Morgan fingerprint density at radius 2 is 2.14 bits per heavy atom. The molecule has 0 spiro atoms. The van der Waals surface area contributed by atoms with E-state index in [2.05, 4.69) is 26.3 Å². The second-order valence-electron chi connectivity index (χ2n) is 4.13. The number of aromatic nitrogens is 2. The fraction of sp³-hybridized carbons (Fsp3) is 0. The first-order valence-corrected chi connectivity index (χ1v) is 6.95. The Morgan fingerprint density at radius 3 is 2.86 bits per heavy atom. The lowest BCUT2D eigenvalue weighted by molar-refractivity contribution is 0.0979. The van der Waals surface area contributed by atoms with Gasteiger partial charge in [0.15, 0.2) is 10.4 Å². The monoisotopic (exact) mass is 367 g/mol. The molecular weight excluding hydrogens is 362 g/mol. The zero-order valence-electron chi connectivity index (χ0n) is 10.3. The summed E-state index contributed by atoms with van der Waals surface area (Å²) >= 11 is 8.96. The zero-order valence-corrected chi connectivity index (χ0v) is 12.7. The van der Waals surface area contributed by atoms with Crippen LogP contribution in [0.15, 0.2) is 50.5 Å². The maximum Gasteiger partial charge on any atom is 0.305 e. The normalized spacial score (nSPS) is 10.8. The molecule has 6 nitrogen and oxygen atoms in total. The first-order chi connectivity index (χ1) is 10.0. The molecule has 0 bridgehead atoms. The highest BCUT2D eigenvalue weighted by Gasteiger charge is 2.12. The number of nitrogens with zero attached hydrogens (tertiary/aromatic N) is 2. The summed E-state index contributed by atoms with van der Waals surface area (Å²) in [4.78, 5) is 28.3. The Labute approximate surface area is 131 Å². The third-order valence-corrected chi connectivity index (χ3v) is 3.40. The number of carbonyl (C=O) groups excluding carboxylic acids is 1. The lowest BCUT2D eigenvalue weighted by atomic mass is 10.2. The van der Waals surface area contributed by atoms with Crippen LogP contribution in [-0.4, -0.2) is 15.6 Å². The Balaban J connectivity index is 1.99. The average molecular weight is 369 g/mol. The van der Waals surface area contributed by atoms with Gasteiger partial charge in [0.25, 0.3) is 5.56 Å². The van der Waals surface area contributed by atoms with E-state index in [-0.39, 0.29) is 5.76 Å². The summed E-state index contributed by atoms with van der Waals surface area (Å²) in [6.45, 7) is 0. The van der Waals surface area contributed by atoms with Crippen LogP contribution in [0.1, 0.15) is 10.6 Å². The molecular formula is C13H7BrClN3O3. The number of amides is 1. The van der Waals surface area contributed by atoms with Gasteiger partial charge in [-0.25, -0.2) is 9.66 Å². The van der Waals surface area contributed by atoms with E-state index in [1.165, 1.54) is 18.5 Å². The molecule has 21 heavy (non-hydrogen) atoms. The van der Waals surface area contributed by atoms with E-state index in [1.54, 1.807) is 18.2 Å². The van der Waals surface area contributed by atoms with Gasteiger partial charge >= 0.3 is 5.91 Å². The predicted molar refractivity (Wildman–Crippen MR) is 81.1 cm³/mol. The van der Waals surface area contributed by atoms with Crippen LogP contribution in [-0.2, 0) is 0 Å². The number of fused-ring (bicyclic) bond motifs is 1. The van der Waals surface area contributed by atoms with E-state index in [1.807, 2.05) is 0 Å². The van der Waals surface area contributed by atoms with Gasteiger partial charge in [-0.2, -0.15) is 0 Å². The molecule has 0 aliphatic heterocycles. The summed E-state index contributed by atoms with van der Waals surface area (Å²) < 4.78 is 6.52. The summed E-state index contributed by atoms with van der Waals surface area (Å²) in [5.41, 5.74) is 2.46. The van der Waals surface area contributed by atoms with Crippen molar-refractivity contribution in [2.45, 2.75) is 0 Å². The van der Waals surface area contributed by atoms with Gasteiger partial charge in [-0.3, -0.25) is 15.0 Å². The van der Waals surface area contributed by atoms with E-state index in [0.29, 0.717) is 20.6 Å². The van der Waals surface area contributed by atoms with E-state index in [0.717, 1.165) is 4.68 Å². The average Bonchev–Trinajstić information content (AvgIpc) is 2.89. The largest absolute Gasteiger partial charge is 0.444 e. The quantitative estimate of drug-likeness (QED) is 0.754. The molecule has 1 amide bonds. The van der Waals surface area contributed by atoms with Gasteiger partial charge in [0.1, 0.15) is 6.33 Å².